The number of aromatic nitrogens is 3. The Balaban J connectivity index is 2.06. The number of H-pyrrole nitrogens is 1. The lowest BCUT2D eigenvalue weighted by molar-refractivity contribution is 0.0923. The molecule has 0 radical (unpaired) electrons. The lowest BCUT2D eigenvalue weighted by atomic mass is 10.1. The predicted molar refractivity (Wildman–Crippen MR) is 121 cm³/mol. The molecule has 0 fully saturated rings. The van der Waals surface area contributed by atoms with Gasteiger partial charge in [0.25, 0.3) is 11.5 Å². The third kappa shape index (κ3) is 5.07. The first-order valence-corrected chi connectivity index (χ1v) is 9.81. The topological polar surface area (TPSA) is 123 Å². The van der Waals surface area contributed by atoms with Gasteiger partial charge in [-0.2, -0.15) is 0 Å². The lowest BCUT2D eigenvalue weighted by Gasteiger charge is -2.20. The number of anilines is 3. The molecule has 31 heavy (non-hydrogen) atoms. The molecule has 0 spiro atoms. The second kappa shape index (κ2) is 9.40. The first-order chi connectivity index (χ1) is 14.8. The Morgan fingerprint density at radius 1 is 1.26 bits per heavy atom. The Kier molecular flexibility index (Phi) is 6.66. The third-order valence-electron chi connectivity index (χ3n) is 4.62. The average molecular weight is 422 g/mol. The molecule has 4 N–H and O–H groups in total. The highest BCUT2D eigenvalue weighted by Crippen LogP contribution is 2.29. The van der Waals surface area contributed by atoms with Crippen molar-refractivity contribution in [2.45, 2.75) is 19.9 Å². The van der Waals surface area contributed by atoms with Crippen LogP contribution < -0.4 is 21.1 Å². The van der Waals surface area contributed by atoms with Crippen LogP contribution in [0.5, 0.6) is 0 Å². The molecular formula is C22H26N6O3. The number of carbonyl (C=O) groups is 1. The van der Waals surface area contributed by atoms with Crippen LogP contribution in [0.4, 0.5) is 17.2 Å². The Morgan fingerprint density at radius 3 is 2.71 bits per heavy atom. The van der Waals surface area contributed by atoms with Crippen LogP contribution in [-0.2, 0) is 0 Å². The van der Waals surface area contributed by atoms with E-state index < -0.39 is 6.04 Å². The highest BCUT2D eigenvalue weighted by atomic mass is 16.3. The number of nitrogens with zero attached hydrogens (tertiary/aromatic N) is 3. The summed E-state index contributed by atoms with van der Waals surface area (Å²) in [5.74, 6) is 0.182. The molecular weight excluding hydrogens is 396 g/mol. The average Bonchev–Trinajstić information content (AvgIpc) is 2.74. The second-order valence-corrected chi connectivity index (χ2v) is 7.44. The van der Waals surface area contributed by atoms with Crippen molar-refractivity contribution in [3.05, 3.63) is 64.3 Å². The van der Waals surface area contributed by atoms with E-state index in [1.807, 2.05) is 33.2 Å². The molecule has 0 aliphatic rings. The van der Waals surface area contributed by atoms with E-state index in [-0.39, 0.29) is 18.1 Å². The summed E-state index contributed by atoms with van der Waals surface area (Å²) in [6, 6.07) is 8.48. The molecule has 0 aliphatic carbocycles. The van der Waals surface area contributed by atoms with Crippen molar-refractivity contribution in [1.29, 1.82) is 0 Å². The van der Waals surface area contributed by atoms with Crippen molar-refractivity contribution in [1.82, 2.24) is 20.3 Å². The highest BCUT2D eigenvalue weighted by molar-refractivity contribution is 6.00. The van der Waals surface area contributed by atoms with Crippen LogP contribution in [0.2, 0.25) is 0 Å². The molecule has 0 aromatic carbocycles. The van der Waals surface area contributed by atoms with Gasteiger partial charge < -0.3 is 25.6 Å². The molecule has 3 aromatic rings. The summed E-state index contributed by atoms with van der Waals surface area (Å²) in [5, 5.41) is 15.2. The van der Waals surface area contributed by atoms with Crippen molar-refractivity contribution >= 4 is 23.1 Å². The zero-order chi connectivity index (χ0) is 22.5. The molecule has 0 aliphatic heterocycles. The largest absolute Gasteiger partial charge is 0.394 e. The van der Waals surface area contributed by atoms with Crippen LogP contribution in [0.25, 0.3) is 11.3 Å². The Hall–Kier alpha value is -3.72. The number of rotatable bonds is 7. The maximum absolute atomic E-state index is 12.7. The van der Waals surface area contributed by atoms with Gasteiger partial charge in [0.15, 0.2) is 0 Å². The number of aromatic amines is 1. The maximum atomic E-state index is 12.7. The zero-order valence-electron chi connectivity index (χ0n) is 17.9. The minimum atomic E-state index is -0.398. The SMILES string of the molecule is Cc1cccc(-c2cc(Nc3ccncc3C(=O)N[C@@H](C)CO)c(N(C)C)[nH]c2=O)n1. The van der Waals surface area contributed by atoms with Gasteiger partial charge in [-0.15, -0.1) is 0 Å². The normalized spacial score (nSPS) is 11.6. The maximum Gasteiger partial charge on any atom is 0.259 e. The Bertz CT molecular complexity index is 1140. The van der Waals surface area contributed by atoms with Gasteiger partial charge in [0.2, 0.25) is 0 Å². The number of pyridine rings is 3. The van der Waals surface area contributed by atoms with E-state index in [0.717, 1.165) is 5.69 Å². The van der Waals surface area contributed by atoms with Crippen LogP contribution in [-0.4, -0.2) is 52.7 Å². The summed E-state index contributed by atoms with van der Waals surface area (Å²) in [6.07, 6.45) is 3.02. The van der Waals surface area contributed by atoms with E-state index in [0.29, 0.717) is 34.0 Å². The number of nitrogens with one attached hydrogen (secondary N) is 3. The van der Waals surface area contributed by atoms with E-state index in [4.69, 9.17) is 0 Å². The molecule has 1 amide bonds. The number of aliphatic hydroxyl groups excluding tert-OH is 1. The van der Waals surface area contributed by atoms with Crippen molar-refractivity contribution < 1.29 is 9.90 Å². The first-order valence-electron chi connectivity index (χ1n) is 9.81. The number of aryl methyl sites for hydroxylation is 1. The van der Waals surface area contributed by atoms with Crippen molar-refractivity contribution in [3.63, 3.8) is 0 Å². The van der Waals surface area contributed by atoms with Crippen LogP contribution >= 0.6 is 0 Å². The summed E-state index contributed by atoms with van der Waals surface area (Å²) in [5.41, 5.74) is 2.92. The Labute approximate surface area is 180 Å². The standard InChI is InChI=1S/C22H26N6O3/c1-13-6-5-7-17(24-13)15-10-19(20(28(3)4)27-21(15)30)26-18-8-9-23-11-16(18)22(31)25-14(2)12-29/h5-11,14,29H,12H2,1-4H3,(H,23,26)(H,25,31)(H,27,30)/t14-/m0/s1. The molecule has 0 bridgehead atoms. The van der Waals surface area contributed by atoms with Gasteiger partial charge in [-0.25, -0.2) is 0 Å². The second-order valence-electron chi connectivity index (χ2n) is 7.44. The van der Waals surface area contributed by atoms with Crippen LogP contribution in [0.15, 0.2) is 47.5 Å². The third-order valence-corrected chi connectivity index (χ3v) is 4.62. The minimum absolute atomic E-state index is 0.174. The van der Waals surface area contributed by atoms with Crippen LogP contribution in [0.1, 0.15) is 23.0 Å². The quantitative estimate of drug-likeness (QED) is 0.459. The van der Waals surface area contributed by atoms with Crippen LogP contribution in [0, 0.1) is 6.92 Å². The van der Waals surface area contributed by atoms with Gasteiger partial charge in [-0.3, -0.25) is 19.6 Å². The van der Waals surface area contributed by atoms with Gasteiger partial charge in [0, 0.05) is 38.2 Å². The van der Waals surface area contributed by atoms with Crippen molar-refractivity contribution in [2.24, 2.45) is 0 Å². The number of amides is 1. The number of hydrogen-bond donors (Lipinski definition) is 4. The van der Waals surface area contributed by atoms with E-state index >= 15 is 0 Å². The molecule has 9 nitrogen and oxygen atoms in total. The zero-order valence-corrected chi connectivity index (χ0v) is 17.9. The summed E-state index contributed by atoms with van der Waals surface area (Å²) >= 11 is 0. The fraction of sp³-hybridized carbons (Fsp3) is 0.273. The van der Waals surface area contributed by atoms with Crippen molar-refractivity contribution in [3.8, 4) is 11.3 Å². The molecule has 3 heterocycles. The summed E-state index contributed by atoms with van der Waals surface area (Å²) in [6.45, 7) is 3.39. The number of aliphatic hydroxyl groups is 1. The monoisotopic (exact) mass is 422 g/mol. The molecule has 0 saturated heterocycles. The number of carbonyl (C=O) groups excluding carboxylic acids is 1. The lowest BCUT2D eigenvalue weighted by Crippen LogP contribution is -2.35. The summed E-state index contributed by atoms with van der Waals surface area (Å²) < 4.78 is 0. The molecule has 162 valence electrons. The fourth-order valence-corrected chi connectivity index (χ4v) is 3.03. The van der Waals surface area contributed by atoms with Gasteiger partial charge in [0.1, 0.15) is 5.82 Å². The molecule has 3 rings (SSSR count). The first kappa shape index (κ1) is 22.0. The molecule has 3 aromatic heterocycles. The molecule has 9 heteroatoms. The minimum Gasteiger partial charge on any atom is -0.394 e. The van der Waals surface area contributed by atoms with Crippen molar-refractivity contribution in [2.75, 3.05) is 30.9 Å². The van der Waals surface area contributed by atoms with E-state index in [9.17, 15) is 14.7 Å². The van der Waals surface area contributed by atoms with E-state index in [2.05, 4.69) is 25.6 Å². The van der Waals surface area contributed by atoms with Gasteiger partial charge in [-0.05, 0) is 38.1 Å². The smallest absolute Gasteiger partial charge is 0.259 e. The highest BCUT2D eigenvalue weighted by Gasteiger charge is 2.17. The molecule has 1 atom stereocenters. The number of hydrogen-bond acceptors (Lipinski definition) is 7. The summed E-state index contributed by atoms with van der Waals surface area (Å²) in [7, 11) is 3.62. The van der Waals surface area contributed by atoms with Gasteiger partial charge >= 0.3 is 0 Å². The van der Waals surface area contributed by atoms with Gasteiger partial charge in [-0.1, -0.05) is 6.07 Å². The van der Waals surface area contributed by atoms with E-state index in [1.54, 1.807) is 36.2 Å². The molecule has 0 saturated carbocycles. The van der Waals surface area contributed by atoms with Crippen LogP contribution in [0.3, 0.4) is 0 Å². The Morgan fingerprint density at radius 2 is 2.03 bits per heavy atom. The predicted octanol–water partition coefficient (Wildman–Crippen LogP) is 2.06. The van der Waals surface area contributed by atoms with E-state index in [1.165, 1.54) is 6.20 Å². The molecule has 0 unspecified atom stereocenters. The van der Waals surface area contributed by atoms with Gasteiger partial charge in [0.05, 0.1) is 34.8 Å². The summed E-state index contributed by atoms with van der Waals surface area (Å²) in [4.78, 5) is 38.5. The fourth-order valence-electron chi connectivity index (χ4n) is 3.03.